The molecule has 0 saturated heterocycles. The van der Waals surface area contributed by atoms with Crippen LogP contribution in [-0.4, -0.2) is 33.4 Å². The Morgan fingerprint density at radius 2 is 2.28 bits per heavy atom. The number of methoxy groups -OCH3 is 1. The van der Waals surface area contributed by atoms with Crippen LogP contribution in [0.4, 0.5) is 5.69 Å². The molecule has 0 amide bonds. The van der Waals surface area contributed by atoms with Crippen molar-refractivity contribution in [2.24, 2.45) is 0 Å². The molecule has 1 heterocycles. The lowest BCUT2D eigenvalue weighted by Gasteiger charge is -2.15. The first kappa shape index (κ1) is 13.4. The van der Waals surface area contributed by atoms with E-state index in [0.717, 1.165) is 26.1 Å². The number of ether oxygens (including phenoxy) is 1. The first-order valence-corrected chi connectivity index (χ1v) is 6.76. The summed E-state index contributed by atoms with van der Waals surface area (Å²) in [5.74, 6) is 0. The van der Waals surface area contributed by atoms with E-state index in [0.29, 0.717) is 6.04 Å². The van der Waals surface area contributed by atoms with Crippen LogP contribution in [0.1, 0.15) is 24.5 Å². The number of nitrogens with one attached hydrogen (secondary N) is 1. The minimum Gasteiger partial charge on any atom is -0.385 e. The van der Waals surface area contributed by atoms with Gasteiger partial charge in [-0.3, -0.25) is 0 Å². The monoisotopic (exact) mass is 248 g/mol. The third-order valence-corrected chi connectivity index (χ3v) is 3.68. The zero-order chi connectivity index (χ0) is 13.0. The fraction of sp³-hybridized carbons (Fsp3) is 0.600. The van der Waals surface area contributed by atoms with Gasteiger partial charge in [0.05, 0.1) is 0 Å². The van der Waals surface area contributed by atoms with E-state index in [1.807, 2.05) is 0 Å². The molecule has 1 aromatic carbocycles. The zero-order valence-corrected chi connectivity index (χ0v) is 11.7. The summed E-state index contributed by atoms with van der Waals surface area (Å²) in [4.78, 5) is 2.33. The maximum atomic E-state index is 5.09. The zero-order valence-electron chi connectivity index (χ0n) is 11.7. The molecule has 3 heteroatoms. The van der Waals surface area contributed by atoms with E-state index in [1.54, 1.807) is 7.11 Å². The number of hydrogen-bond donors (Lipinski definition) is 1. The van der Waals surface area contributed by atoms with Gasteiger partial charge >= 0.3 is 0 Å². The van der Waals surface area contributed by atoms with Gasteiger partial charge in [-0.1, -0.05) is 12.1 Å². The van der Waals surface area contributed by atoms with Gasteiger partial charge in [-0.2, -0.15) is 0 Å². The van der Waals surface area contributed by atoms with E-state index in [9.17, 15) is 0 Å². The predicted octanol–water partition coefficient (Wildman–Crippen LogP) is 2.19. The summed E-state index contributed by atoms with van der Waals surface area (Å²) >= 11 is 0. The molecule has 0 spiro atoms. The Hall–Kier alpha value is -1.06. The Labute approximate surface area is 110 Å². The lowest BCUT2D eigenvalue weighted by Crippen LogP contribution is -2.26. The molecule has 0 fully saturated rings. The Morgan fingerprint density at radius 1 is 1.44 bits per heavy atom. The van der Waals surface area contributed by atoms with Crippen molar-refractivity contribution >= 4 is 5.69 Å². The number of nitrogens with zero attached hydrogens (tertiary/aromatic N) is 1. The second-order valence-corrected chi connectivity index (χ2v) is 5.20. The molecule has 1 aliphatic heterocycles. The molecule has 1 aliphatic rings. The Morgan fingerprint density at radius 3 is 3.06 bits per heavy atom. The first-order valence-electron chi connectivity index (χ1n) is 6.76. The highest BCUT2D eigenvalue weighted by Gasteiger charge is 2.15. The first-order chi connectivity index (χ1) is 8.70. The summed E-state index contributed by atoms with van der Waals surface area (Å²) in [6.45, 7) is 5.13. The van der Waals surface area contributed by atoms with Gasteiger partial charge < -0.3 is 15.0 Å². The minimum atomic E-state index is 0.501. The summed E-state index contributed by atoms with van der Waals surface area (Å²) in [6.07, 6.45) is 2.24. The molecule has 100 valence electrons. The summed E-state index contributed by atoms with van der Waals surface area (Å²) < 4.78 is 5.09. The summed E-state index contributed by atoms with van der Waals surface area (Å²) in [5.41, 5.74) is 4.26. The average Bonchev–Trinajstić information content (AvgIpc) is 2.75. The van der Waals surface area contributed by atoms with E-state index in [-0.39, 0.29) is 0 Å². The van der Waals surface area contributed by atoms with Crippen molar-refractivity contribution in [2.75, 3.05) is 32.2 Å². The lowest BCUT2D eigenvalue weighted by molar-refractivity contribution is 0.184. The third kappa shape index (κ3) is 3.24. The van der Waals surface area contributed by atoms with Crippen LogP contribution in [-0.2, 0) is 17.7 Å². The number of rotatable bonds is 6. The lowest BCUT2D eigenvalue weighted by atomic mass is 10.1. The van der Waals surface area contributed by atoms with Gasteiger partial charge in [0.2, 0.25) is 0 Å². The SMILES string of the molecule is COCCC(C)NCc1ccc2c(c1)CCN2C. The number of fused-ring (bicyclic) bond motifs is 1. The van der Waals surface area contributed by atoms with Crippen molar-refractivity contribution in [2.45, 2.75) is 32.4 Å². The van der Waals surface area contributed by atoms with Gasteiger partial charge in [0.1, 0.15) is 0 Å². The summed E-state index contributed by atoms with van der Waals surface area (Å²) in [6, 6.07) is 7.32. The average molecular weight is 248 g/mol. The molecule has 1 N–H and O–H groups in total. The second-order valence-electron chi connectivity index (χ2n) is 5.20. The smallest absolute Gasteiger partial charge is 0.0476 e. The van der Waals surface area contributed by atoms with Crippen LogP contribution in [0.5, 0.6) is 0 Å². The maximum Gasteiger partial charge on any atom is 0.0476 e. The molecule has 3 nitrogen and oxygen atoms in total. The molecule has 18 heavy (non-hydrogen) atoms. The van der Waals surface area contributed by atoms with Gasteiger partial charge in [-0.05, 0) is 37.0 Å². The minimum absolute atomic E-state index is 0.501. The van der Waals surface area contributed by atoms with Gasteiger partial charge in [0, 0.05) is 45.6 Å². The van der Waals surface area contributed by atoms with E-state index < -0.39 is 0 Å². The van der Waals surface area contributed by atoms with E-state index >= 15 is 0 Å². The Balaban J connectivity index is 1.87. The van der Waals surface area contributed by atoms with Crippen molar-refractivity contribution in [3.05, 3.63) is 29.3 Å². The number of likely N-dealkylation sites (N-methyl/N-ethyl adjacent to an activating group) is 1. The normalized spacial score (nSPS) is 15.8. The Bertz CT molecular complexity index is 392. The molecule has 1 aromatic rings. The molecule has 0 saturated carbocycles. The molecule has 0 aliphatic carbocycles. The van der Waals surface area contributed by atoms with Crippen molar-refractivity contribution in [1.82, 2.24) is 5.32 Å². The van der Waals surface area contributed by atoms with Crippen LogP contribution >= 0.6 is 0 Å². The van der Waals surface area contributed by atoms with Crippen LogP contribution in [0, 0.1) is 0 Å². The van der Waals surface area contributed by atoms with Crippen LogP contribution < -0.4 is 10.2 Å². The van der Waals surface area contributed by atoms with Gasteiger partial charge in [0.25, 0.3) is 0 Å². The second kappa shape index (κ2) is 6.21. The Kier molecular flexibility index (Phi) is 4.61. The summed E-state index contributed by atoms with van der Waals surface area (Å²) in [7, 11) is 3.92. The van der Waals surface area contributed by atoms with E-state index in [1.165, 1.54) is 23.2 Å². The quantitative estimate of drug-likeness (QED) is 0.835. The standard InChI is InChI=1S/C15H24N2O/c1-12(7-9-18-3)16-11-13-4-5-15-14(10-13)6-8-17(15)2/h4-5,10,12,16H,6-9,11H2,1-3H3. The van der Waals surface area contributed by atoms with Crippen LogP contribution in [0.2, 0.25) is 0 Å². The predicted molar refractivity (Wildman–Crippen MR) is 76.2 cm³/mol. The molecule has 0 bridgehead atoms. The van der Waals surface area contributed by atoms with E-state index in [4.69, 9.17) is 4.74 Å². The molecule has 2 rings (SSSR count). The van der Waals surface area contributed by atoms with Crippen LogP contribution in [0.15, 0.2) is 18.2 Å². The highest BCUT2D eigenvalue weighted by Crippen LogP contribution is 2.27. The fourth-order valence-electron chi connectivity index (χ4n) is 2.42. The molecule has 0 aromatic heterocycles. The highest BCUT2D eigenvalue weighted by atomic mass is 16.5. The van der Waals surface area contributed by atoms with Crippen LogP contribution in [0.3, 0.4) is 0 Å². The molecular formula is C15H24N2O. The topological polar surface area (TPSA) is 24.5 Å². The van der Waals surface area contributed by atoms with E-state index in [2.05, 4.69) is 42.4 Å². The number of anilines is 1. The summed E-state index contributed by atoms with van der Waals surface area (Å²) in [5, 5.41) is 3.54. The van der Waals surface area contributed by atoms with Crippen molar-refractivity contribution in [3.8, 4) is 0 Å². The number of hydrogen-bond acceptors (Lipinski definition) is 3. The van der Waals surface area contributed by atoms with Gasteiger partial charge in [-0.15, -0.1) is 0 Å². The maximum absolute atomic E-state index is 5.09. The van der Waals surface area contributed by atoms with Gasteiger partial charge in [0.15, 0.2) is 0 Å². The largest absolute Gasteiger partial charge is 0.385 e. The number of benzene rings is 1. The van der Waals surface area contributed by atoms with Gasteiger partial charge in [-0.25, -0.2) is 0 Å². The molecular weight excluding hydrogens is 224 g/mol. The molecule has 1 unspecified atom stereocenters. The fourth-order valence-corrected chi connectivity index (χ4v) is 2.42. The van der Waals surface area contributed by atoms with Crippen molar-refractivity contribution in [1.29, 1.82) is 0 Å². The third-order valence-electron chi connectivity index (χ3n) is 3.68. The van der Waals surface area contributed by atoms with Crippen molar-refractivity contribution < 1.29 is 4.74 Å². The van der Waals surface area contributed by atoms with Crippen molar-refractivity contribution in [3.63, 3.8) is 0 Å². The van der Waals surface area contributed by atoms with Crippen LogP contribution in [0.25, 0.3) is 0 Å². The molecule has 1 atom stereocenters. The highest BCUT2D eigenvalue weighted by molar-refractivity contribution is 5.58. The molecule has 0 radical (unpaired) electrons.